The maximum Gasteiger partial charge on any atom is 0.0574 e. The molecule has 4 aliphatic rings. The third-order valence-corrected chi connectivity index (χ3v) is 5.70. The molecular weight excluding hydrogens is 160 g/mol. The normalized spacial score (nSPS) is 67.6. The smallest absolute Gasteiger partial charge is 0.0574 e. The average Bonchev–Trinajstić information content (AvgIpc) is 2.78. The first-order chi connectivity index (χ1) is 6.34. The molecule has 7 atom stereocenters. The molecule has 4 aliphatic carbocycles. The number of hydrogen-bond donors (Lipinski definition) is 1. The molecule has 4 bridgehead atoms. The first-order valence-electron chi connectivity index (χ1n) is 6.02. The monoisotopic (exact) mass is 178 g/mol. The first-order valence-corrected chi connectivity index (χ1v) is 6.02. The van der Waals surface area contributed by atoms with Gasteiger partial charge in [-0.1, -0.05) is 0 Å². The van der Waals surface area contributed by atoms with Crippen LogP contribution in [0.1, 0.15) is 32.1 Å². The molecule has 13 heavy (non-hydrogen) atoms. The maximum absolute atomic E-state index is 9.89. The van der Waals surface area contributed by atoms with E-state index >= 15 is 0 Å². The van der Waals surface area contributed by atoms with Crippen LogP contribution in [0, 0.1) is 35.5 Å². The lowest BCUT2D eigenvalue weighted by molar-refractivity contribution is 0.0291. The Morgan fingerprint density at radius 1 is 0.769 bits per heavy atom. The van der Waals surface area contributed by atoms with Gasteiger partial charge in [-0.25, -0.2) is 0 Å². The van der Waals surface area contributed by atoms with E-state index in [0.29, 0.717) is 0 Å². The van der Waals surface area contributed by atoms with Crippen molar-refractivity contribution in [2.75, 3.05) is 0 Å². The molecule has 4 rings (SSSR count). The standard InChI is InChI=1S/C12H18O/c13-10-5-8-4-9(10)12-7-2-1-6(3-7)11(8)12/h6-13H,1-5H2/t6?,7-,8?,9?,10?,11?,12?/m0/s1. The maximum atomic E-state index is 9.89. The predicted molar refractivity (Wildman–Crippen MR) is 50.0 cm³/mol. The topological polar surface area (TPSA) is 20.2 Å². The quantitative estimate of drug-likeness (QED) is 0.563. The van der Waals surface area contributed by atoms with Crippen LogP contribution in [0.5, 0.6) is 0 Å². The summed E-state index contributed by atoms with van der Waals surface area (Å²) in [6.45, 7) is 0. The minimum atomic E-state index is 0.0885. The van der Waals surface area contributed by atoms with E-state index in [1.54, 1.807) is 0 Å². The minimum absolute atomic E-state index is 0.0885. The van der Waals surface area contributed by atoms with Crippen LogP contribution < -0.4 is 0 Å². The molecule has 4 fully saturated rings. The summed E-state index contributed by atoms with van der Waals surface area (Å²) in [5.41, 5.74) is 0. The van der Waals surface area contributed by atoms with Gasteiger partial charge in [0.25, 0.3) is 0 Å². The van der Waals surface area contributed by atoms with E-state index in [1.165, 1.54) is 25.7 Å². The molecule has 1 N–H and O–H groups in total. The highest BCUT2D eigenvalue weighted by Crippen LogP contribution is 2.67. The Morgan fingerprint density at radius 2 is 1.54 bits per heavy atom. The molecule has 0 aliphatic heterocycles. The molecule has 0 saturated heterocycles. The highest BCUT2D eigenvalue weighted by atomic mass is 16.3. The summed E-state index contributed by atoms with van der Waals surface area (Å²) < 4.78 is 0. The summed E-state index contributed by atoms with van der Waals surface area (Å²) in [4.78, 5) is 0. The minimum Gasteiger partial charge on any atom is -0.393 e. The Morgan fingerprint density at radius 3 is 2.38 bits per heavy atom. The molecule has 0 heterocycles. The van der Waals surface area contributed by atoms with E-state index in [0.717, 1.165) is 41.9 Å². The fourth-order valence-electron chi connectivity index (χ4n) is 5.53. The average molecular weight is 178 g/mol. The van der Waals surface area contributed by atoms with Crippen LogP contribution >= 0.6 is 0 Å². The van der Waals surface area contributed by atoms with Gasteiger partial charge in [-0.3, -0.25) is 0 Å². The molecule has 0 radical (unpaired) electrons. The van der Waals surface area contributed by atoms with Crippen LogP contribution in [0.25, 0.3) is 0 Å². The van der Waals surface area contributed by atoms with Gasteiger partial charge >= 0.3 is 0 Å². The van der Waals surface area contributed by atoms with Gasteiger partial charge in [0.05, 0.1) is 6.10 Å². The molecule has 0 spiro atoms. The number of aliphatic hydroxyl groups excluding tert-OH is 1. The van der Waals surface area contributed by atoms with E-state index in [1.807, 2.05) is 0 Å². The molecule has 4 saturated carbocycles. The van der Waals surface area contributed by atoms with Gasteiger partial charge in [0.2, 0.25) is 0 Å². The van der Waals surface area contributed by atoms with E-state index < -0.39 is 0 Å². The molecule has 1 nitrogen and oxygen atoms in total. The molecule has 0 aromatic rings. The van der Waals surface area contributed by atoms with E-state index in [9.17, 15) is 5.11 Å². The summed E-state index contributed by atoms with van der Waals surface area (Å²) in [5, 5.41) is 9.89. The zero-order chi connectivity index (χ0) is 8.58. The highest BCUT2D eigenvalue weighted by Gasteiger charge is 2.61. The van der Waals surface area contributed by atoms with Gasteiger partial charge in [0, 0.05) is 0 Å². The molecule has 1 heteroatoms. The Balaban J connectivity index is 1.75. The lowest BCUT2D eigenvalue weighted by Gasteiger charge is -2.36. The van der Waals surface area contributed by atoms with Gasteiger partial charge < -0.3 is 5.11 Å². The zero-order valence-corrected chi connectivity index (χ0v) is 8.02. The summed E-state index contributed by atoms with van der Waals surface area (Å²) in [7, 11) is 0. The van der Waals surface area contributed by atoms with Gasteiger partial charge in [0.15, 0.2) is 0 Å². The van der Waals surface area contributed by atoms with Gasteiger partial charge in [-0.05, 0) is 67.6 Å². The Kier molecular flexibility index (Phi) is 1.19. The molecule has 6 unspecified atom stereocenters. The van der Waals surface area contributed by atoms with Gasteiger partial charge in [-0.2, -0.15) is 0 Å². The van der Waals surface area contributed by atoms with Crippen molar-refractivity contribution in [1.82, 2.24) is 0 Å². The van der Waals surface area contributed by atoms with Crippen molar-refractivity contribution in [2.45, 2.75) is 38.2 Å². The second kappa shape index (κ2) is 2.13. The number of rotatable bonds is 0. The van der Waals surface area contributed by atoms with Gasteiger partial charge in [-0.15, -0.1) is 0 Å². The predicted octanol–water partition coefficient (Wildman–Crippen LogP) is 2.05. The second-order valence-corrected chi connectivity index (χ2v) is 5.95. The molecule has 0 aromatic heterocycles. The van der Waals surface area contributed by atoms with Crippen LogP contribution in [0.15, 0.2) is 0 Å². The van der Waals surface area contributed by atoms with Crippen molar-refractivity contribution in [3.8, 4) is 0 Å². The number of aliphatic hydroxyl groups is 1. The largest absolute Gasteiger partial charge is 0.393 e. The zero-order valence-electron chi connectivity index (χ0n) is 8.02. The Labute approximate surface area is 79.5 Å². The molecule has 0 amide bonds. The Hall–Kier alpha value is -0.0400. The summed E-state index contributed by atoms with van der Waals surface area (Å²) in [6, 6.07) is 0. The summed E-state index contributed by atoms with van der Waals surface area (Å²) >= 11 is 0. The van der Waals surface area contributed by atoms with Crippen molar-refractivity contribution in [1.29, 1.82) is 0 Å². The van der Waals surface area contributed by atoms with E-state index in [-0.39, 0.29) is 6.10 Å². The fourth-order valence-corrected chi connectivity index (χ4v) is 5.53. The van der Waals surface area contributed by atoms with Crippen LogP contribution in [0.2, 0.25) is 0 Å². The van der Waals surface area contributed by atoms with Crippen LogP contribution in [-0.4, -0.2) is 11.2 Å². The van der Waals surface area contributed by atoms with Crippen molar-refractivity contribution < 1.29 is 5.11 Å². The lowest BCUT2D eigenvalue weighted by Crippen LogP contribution is -2.34. The first kappa shape index (κ1) is 7.28. The summed E-state index contributed by atoms with van der Waals surface area (Å²) in [5.74, 6) is 5.79. The summed E-state index contributed by atoms with van der Waals surface area (Å²) in [6.07, 6.45) is 7.14. The van der Waals surface area contributed by atoms with Crippen LogP contribution in [0.4, 0.5) is 0 Å². The second-order valence-electron chi connectivity index (χ2n) is 5.95. The van der Waals surface area contributed by atoms with Crippen molar-refractivity contribution in [2.24, 2.45) is 35.5 Å². The number of fused-ring (bicyclic) bond motifs is 9. The van der Waals surface area contributed by atoms with Crippen LogP contribution in [0.3, 0.4) is 0 Å². The SMILES string of the molecule is OC1CC2CC1C1C2C2CC[C@H]1C2. The Bertz CT molecular complexity index is 250. The van der Waals surface area contributed by atoms with E-state index in [2.05, 4.69) is 0 Å². The van der Waals surface area contributed by atoms with Crippen molar-refractivity contribution in [3.63, 3.8) is 0 Å². The highest BCUT2D eigenvalue weighted by molar-refractivity contribution is 5.10. The van der Waals surface area contributed by atoms with Gasteiger partial charge in [0.1, 0.15) is 0 Å². The fraction of sp³-hybridized carbons (Fsp3) is 1.00. The van der Waals surface area contributed by atoms with Crippen molar-refractivity contribution in [3.05, 3.63) is 0 Å². The van der Waals surface area contributed by atoms with Crippen molar-refractivity contribution >= 4 is 0 Å². The lowest BCUT2D eigenvalue weighted by atomic mass is 9.70. The van der Waals surface area contributed by atoms with Crippen LogP contribution in [-0.2, 0) is 0 Å². The molecule has 72 valence electrons. The molecule has 0 aromatic carbocycles. The number of hydrogen-bond acceptors (Lipinski definition) is 1. The third-order valence-electron chi connectivity index (χ3n) is 5.70. The molecular formula is C12H18O. The van der Waals surface area contributed by atoms with E-state index in [4.69, 9.17) is 0 Å². The third kappa shape index (κ3) is 0.707.